The highest BCUT2D eigenvalue weighted by Gasteiger charge is 2.11. The van der Waals surface area contributed by atoms with Crippen LogP contribution in [0, 0.1) is 0 Å². The van der Waals surface area contributed by atoms with Crippen molar-refractivity contribution < 1.29 is 9.53 Å². The molecule has 2 rings (SSSR count). The van der Waals surface area contributed by atoms with Crippen molar-refractivity contribution in [1.29, 1.82) is 0 Å². The van der Waals surface area contributed by atoms with Crippen LogP contribution in [-0.4, -0.2) is 18.4 Å². The van der Waals surface area contributed by atoms with Gasteiger partial charge in [0.05, 0.1) is 23.4 Å². The summed E-state index contributed by atoms with van der Waals surface area (Å²) in [5.41, 5.74) is 1.94. The summed E-state index contributed by atoms with van der Waals surface area (Å²) in [6.07, 6.45) is 2.26. The van der Waals surface area contributed by atoms with E-state index in [0.717, 1.165) is 11.8 Å². The molecule has 0 aliphatic carbocycles. The third kappa shape index (κ3) is 2.29. The zero-order chi connectivity index (χ0) is 12.3. The van der Waals surface area contributed by atoms with Crippen molar-refractivity contribution in [3.05, 3.63) is 47.1 Å². The van der Waals surface area contributed by atoms with E-state index in [2.05, 4.69) is 4.98 Å². The molecule has 0 atom stereocenters. The van der Waals surface area contributed by atoms with Crippen molar-refractivity contribution >= 4 is 17.9 Å². The summed E-state index contributed by atoms with van der Waals surface area (Å²) in [5.74, 6) is 0.656. The Kier molecular flexibility index (Phi) is 3.40. The molecule has 3 nitrogen and oxygen atoms in total. The summed E-state index contributed by atoms with van der Waals surface area (Å²) in [6.45, 7) is 0. The average molecular weight is 248 g/mol. The fraction of sp³-hybridized carbons (Fsp3) is 0.0769. The summed E-state index contributed by atoms with van der Waals surface area (Å²) in [6, 6.07) is 8.83. The number of benzene rings is 1. The summed E-state index contributed by atoms with van der Waals surface area (Å²) in [7, 11) is 1.58. The van der Waals surface area contributed by atoms with Crippen LogP contribution in [0.1, 0.15) is 10.4 Å². The number of pyridine rings is 1. The van der Waals surface area contributed by atoms with Crippen LogP contribution >= 0.6 is 11.6 Å². The van der Waals surface area contributed by atoms with Crippen molar-refractivity contribution in [3.8, 4) is 17.0 Å². The number of nitrogens with zero attached hydrogens (tertiary/aromatic N) is 1. The normalized spacial score (nSPS) is 10.0. The topological polar surface area (TPSA) is 39.2 Å². The Labute approximate surface area is 104 Å². The SMILES string of the molecule is COc1cccc(Cl)c1-c1ccc(C=O)cn1. The molecule has 17 heavy (non-hydrogen) atoms. The molecule has 0 aliphatic rings. The van der Waals surface area contributed by atoms with E-state index in [1.165, 1.54) is 6.20 Å². The van der Waals surface area contributed by atoms with E-state index in [-0.39, 0.29) is 0 Å². The highest BCUT2D eigenvalue weighted by atomic mass is 35.5. The summed E-state index contributed by atoms with van der Waals surface area (Å²) in [4.78, 5) is 14.7. The second-order valence-corrected chi connectivity index (χ2v) is 3.82. The van der Waals surface area contributed by atoms with Crippen molar-refractivity contribution in [1.82, 2.24) is 4.98 Å². The van der Waals surface area contributed by atoms with Crippen LogP contribution in [0.15, 0.2) is 36.5 Å². The lowest BCUT2D eigenvalue weighted by Crippen LogP contribution is -1.92. The molecule has 4 heteroatoms. The minimum absolute atomic E-state index is 0.528. The first-order valence-electron chi connectivity index (χ1n) is 5.00. The molecule has 0 aliphatic heterocycles. The van der Waals surface area contributed by atoms with Crippen LogP contribution in [0.25, 0.3) is 11.3 Å². The van der Waals surface area contributed by atoms with Gasteiger partial charge in [0, 0.05) is 11.8 Å². The second kappa shape index (κ2) is 4.97. The van der Waals surface area contributed by atoms with Gasteiger partial charge in [0.15, 0.2) is 6.29 Å². The minimum atomic E-state index is 0.528. The van der Waals surface area contributed by atoms with Gasteiger partial charge in [-0.2, -0.15) is 0 Å². The molecule has 0 saturated carbocycles. The number of ether oxygens (including phenoxy) is 1. The lowest BCUT2D eigenvalue weighted by molar-refractivity contribution is 0.112. The first kappa shape index (κ1) is 11.6. The average Bonchev–Trinajstić information content (AvgIpc) is 2.38. The molecule has 0 unspecified atom stereocenters. The van der Waals surface area contributed by atoms with Crippen molar-refractivity contribution in [2.45, 2.75) is 0 Å². The summed E-state index contributed by atoms with van der Waals surface area (Å²) >= 11 is 6.13. The van der Waals surface area contributed by atoms with E-state index in [9.17, 15) is 4.79 Å². The van der Waals surface area contributed by atoms with E-state index in [1.807, 2.05) is 12.1 Å². The number of aldehydes is 1. The third-order valence-corrected chi connectivity index (χ3v) is 2.69. The third-order valence-electron chi connectivity index (χ3n) is 2.37. The molecule has 0 saturated heterocycles. The number of hydrogen-bond acceptors (Lipinski definition) is 3. The number of hydrogen-bond donors (Lipinski definition) is 0. The standard InChI is InChI=1S/C13H10ClNO2/c1-17-12-4-2-3-10(14)13(12)11-6-5-9(8-16)7-15-11/h2-8H,1H3. The van der Waals surface area contributed by atoms with E-state index in [1.54, 1.807) is 25.3 Å². The smallest absolute Gasteiger partial charge is 0.151 e. The van der Waals surface area contributed by atoms with Gasteiger partial charge in [-0.3, -0.25) is 9.78 Å². The molecule has 0 spiro atoms. The largest absolute Gasteiger partial charge is 0.496 e. The van der Waals surface area contributed by atoms with Crippen LogP contribution in [0.2, 0.25) is 5.02 Å². The molecule has 0 radical (unpaired) electrons. The van der Waals surface area contributed by atoms with E-state index < -0.39 is 0 Å². The number of halogens is 1. The van der Waals surface area contributed by atoms with Crippen LogP contribution in [0.4, 0.5) is 0 Å². The maximum atomic E-state index is 10.6. The van der Waals surface area contributed by atoms with Gasteiger partial charge >= 0.3 is 0 Å². The van der Waals surface area contributed by atoms with Crippen LogP contribution in [0.3, 0.4) is 0 Å². The Morgan fingerprint density at radius 1 is 1.29 bits per heavy atom. The molecule has 0 bridgehead atoms. The summed E-state index contributed by atoms with van der Waals surface area (Å²) in [5, 5.41) is 0.565. The van der Waals surface area contributed by atoms with Gasteiger partial charge in [-0.05, 0) is 24.3 Å². The van der Waals surface area contributed by atoms with E-state index in [4.69, 9.17) is 16.3 Å². The highest BCUT2D eigenvalue weighted by Crippen LogP contribution is 2.34. The van der Waals surface area contributed by atoms with Gasteiger partial charge in [-0.15, -0.1) is 0 Å². The van der Waals surface area contributed by atoms with E-state index in [0.29, 0.717) is 22.0 Å². The van der Waals surface area contributed by atoms with Crippen molar-refractivity contribution in [2.24, 2.45) is 0 Å². The molecule has 1 aromatic heterocycles. The molecule has 1 heterocycles. The van der Waals surface area contributed by atoms with Gasteiger partial charge in [0.25, 0.3) is 0 Å². The molecule has 86 valence electrons. The molecule has 1 aromatic carbocycles. The Hall–Kier alpha value is -1.87. The predicted molar refractivity (Wildman–Crippen MR) is 66.6 cm³/mol. The fourth-order valence-electron chi connectivity index (χ4n) is 1.55. The first-order chi connectivity index (χ1) is 8.26. The Balaban J connectivity index is 2.55. The number of methoxy groups -OCH3 is 1. The molecule has 0 amide bonds. The fourth-order valence-corrected chi connectivity index (χ4v) is 1.81. The Morgan fingerprint density at radius 2 is 2.12 bits per heavy atom. The molecule has 0 N–H and O–H groups in total. The first-order valence-corrected chi connectivity index (χ1v) is 5.38. The quantitative estimate of drug-likeness (QED) is 0.782. The minimum Gasteiger partial charge on any atom is -0.496 e. The van der Waals surface area contributed by atoms with E-state index >= 15 is 0 Å². The zero-order valence-electron chi connectivity index (χ0n) is 9.18. The number of carbonyl (C=O) groups excluding carboxylic acids is 1. The molecular formula is C13H10ClNO2. The van der Waals surface area contributed by atoms with Gasteiger partial charge in [0.2, 0.25) is 0 Å². The molecule has 0 fully saturated rings. The van der Waals surface area contributed by atoms with Gasteiger partial charge in [-0.1, -0.05) is 17.7 Å². The lowest BCUT2D eigenvalue weighted by Gasteiger charge is -2.09. The van der Waals surface area contributed by atoms with Gasteiger partial charge in [-0.25, -0.2) is 0 Å². The molecule has 2 aromatic rings. The second-order valence-electron chi connectivity index (χ2n) is 3.41. The summed E-state index contributed by atoms with van der Waals surface area (Å²) < 4.78 is 5.24. The van der Waals surface area contributed by atoms with Gasteiger partial charge < -0.3 is 4.74 Å². The number of carbonyl (C=O) groups is 1. The maximum Gasteiger partial charge on any atom is 0.151 e. The lowest BCUT2D eigenvalue weighted by atomic mass is 10.1. The highest BCUT2D eigenvalue weighted by molar-refractivity contribution is 6.33. The van der Waals surface area contributed by atoms with Crippen molar-refractivity contribution in [3.63, 3.8) is 0 Å². The van der Waals surface area contributed by atoms with Crippen LogP contribution in [0.5, 0.6) is 5.75 Å². The zero-order valence-corrected chi connectivity index (χ0v) is 9.94. The monoisotopic (exact) mass is 247 g/mol. The number of rotatable bonds is 3. The predicted octanol–water partition coefficient (Wildman–Crippen LogP) is 3.22. The van der Waals surface area contributed by atoms with Crippen LogP contribution < -0.4 is 4.74 Å². The maximum absolute atomic E-state index is 10.6. The molecular weight excluding hydrogens is 238 g/mol. The Morgan fingerprint density at radius 3 is 2.71 bits per heavy atom. The number of aromatic nitrogens is 1. The van der Waals surface area contributed by atoms with Crippen molar-refractivity contribution in [2.75, 3.05) is 7.11 Å². The Bertz CT molecular complexity index is 538. The van der Waals surface area contributed by atoms with Crippen LogP contribution in [-0.2, 0) is 0 Å². The van der Waals surface area contributed by atoms with Gasteiger partial charge in [0.1, 0.15) is 5.75 Å².